The number of fused-ring (bicyclic) bond motifs is 1. The molecule has 0 aromatic heterocycles. The minimum atomic E-state index is -0.0504. The van der Waals surface area contributed by atoms with Crippen molar-refractivity contribution in [1.29, 1.82) is 0 Å². The van der Waals surface area contributed by atoms with E-state index in [-0.39, 0.29) is 6.03 Å². The lowest BCUT2D eigenvalue weighted by Crippen LogP contribution is -2.44. The van der Waals surface area contributed by atoms with E-state index in [1.807, 2.05) is 54.3 Å². The normalized spacial score (nSPS) is 13.3. The van der Waals surface area contributed by atoms with Crippen molar-refractivity contribution in [3.8, 4) is 5.75 Å². The van der Waals surface area contributed by atoms with Crippen molar-refractivity contribution in [2.75, 3.05) is 24.6 Å². The number of hydrogen-bond donors (Lipinski definition) is 1. The van der Waals surface area contributed by atoms with Crippen molar-refractivity contribution in [1.82, 2.24) is 5.32 Å². The van der Waals surface area contributed by atoms with E-state index < -0.39 is 0 Å². The van der Waals surface area contributed by atoms with E-state index >= 15 is 0 Å². The molecule has 0 atom stereocenters. The molecule has 0 radical (unpaired) electrons. The van der Waals surface area contributed by atoms with Gasteiger partial charge in [0.25, 0.3) is 0 Å². The van der Waals surface area contributed by atoms with Gasteiger partial charge >= 0.3 is 6.03 Å². The largest absolute Gasteiger partial charge is 0.491 e. The number of hydrogen-bond acceptors (Lipinski definition) is 2. The Balaban J connectivity index is 1.52. The van der Waals surface area contributed by atoms with E-state index in [2.05, 4.69) is 11.4 Å². The second-order valence-corrected chi connectivity index (χ2v) is 5.73. The van der Waals surface area contributed by atoms with Crippen molar-refractivity contribution in [2.24, 2.45) is 0 Å². The molecule has 0 unspecified atom stereocenters. The first-order chi connectivity index (χ1) is 11.3. The Labute approximate surface area is 137 Å². The molecule has 4 nitrogen and oxygen atoms in total. The van der Waals surface area contributed by atoms with Gasteiger partial charge in [0, 0.05) is 12.2 Å². The minimum Gasteiger partial charge on any atom is -0.491 e. The SMILES string of the molecule is Cc1ccccc1OCCNC(=O)N1CCCc2ccccc21. The highest BCUT2D eigenvalue weighted by atomic mass is 16.5. The average molecular weight is 310 g/mol. The van der Waals surface area contributed by atoms with Gasteiger partial charge in [-0.05, 0) is 43.0 Å². The molecule has 2 amide bonds. The molecule has 1 heterocycles. The number of aryl methyl sites for hydroxylation is 2. The third-order valence-corrected chi connectivity index (χ3v) is 4.08. The first kappa shape index (κ1) is 15.4. The van der Waals surface area contributed by atoms with Crippen LogP contribution in [0, 0.1) is 6.92 Å². The predicted octanol–water partition coefficient (Wildman–Crippen LogP) is 3.54. The zero-order valence-electron chi connectivity index (χ0n) is 13.4. The lowest BCUT2D eigenvalue weighted by atomic mass is 10.0. The van der Waals surface area contributed by atoms with Crippen LogP contribution in [0.15, 0.2) is 48.5 Å². The maximum absolute atomic E-state index is 12.4. The van der Waals surface area contributed by atoms with Crippen LogP contribution in [-0.2, 0) is 6.42 Å². The van der Waals surface area contributed by atoms with Crippen molar-refractivity contribution in [3.05, 3.63) is 59.7 Å². The standard InChI is InChI=1S/C19H22N2O2/c1-15-7-2-5-11-18(15)23-14-12-20-19(22)21-13-6-9-16-8-3-4-10-17(16)21/h2-5,7-8,10-11H,6,9,12-14H2,1H3,(H,20,22). The number of nitrogens with one attached hydrogen (secondary N) is 1. The highest BCUT2D eigenvalue weighted by Gasteiger charge is 2.21. The summed E-state index contributed by atoms with van der Waals surface area (Å²) in [6.07, 6.45) is 2.04. The van der Waals surface area contributed by atoms with Crippen LogP contribution in [-0.4, -0.2) is 25.7 Å². The summed E-state index contributed by atoms with van der Waals surface area (Å²) in [6.45, 7) is 3.73. The molecule has 0 saturated carbocycles. The second-order valence-electron chi connectivity index (χ2n) is 5.73. The molecule has 120 valence electrons. The summed E-state index contributed by atoms with van der Waals surface area (Å²) in [7, 11) is 0. The molecule has 2 aromatic carbocycles. The number of amides is 2. The molecule has 23 heavy (non-hydrogen) atoms. The van der Waals surface area contributed by atoms with Gasteiger partial charge in [-0.1, -0.05) is 36.4 Å². The fourth-order valence-electron chi connectivity index (χ4n) is 2.88. The van der Waals surface area contributed by atoms with Crippen LogP contribution in [0.4, 0.5) is 10.5 Å². The van der Waals surface area contributed by atoms with Crippen LogP contribution in [0.1, 0.15) is 17.5 Å². The van der Waals surface area contributed by atoms with E-state index in [1.54, 1.807) is 0 Å². The summed E-state index contributed by atoms with van der Waals surface area (Å²) in [6, 6.07) is 15.9. The number of ether oxygens (including phenoxy) is 1. The highest BCUT2D eigenvalue weighted by Crippen LogP contribution is 2.26. The smallest absolute Gasteiger partial charge is 0.321 e. The number of nitrogens with zero attached hydrogens (tertiary/aromatic N) is 1. The number of anilines is 1. The summed E-state index contributed by atoms with van der Waals surface area (Å²) in [4.78, 5) is 14.2. The van der Waals surface area contributed by atoms with E-state index in [0.29, 0.717) is 13.2 Å². The second kappa shape index (κ2) is 7.18. The van der Waals surface area contributed by atoms with E-state index in [0.717, 1.165) is 36.4 Å². The van der Waals surface area contributed by atoms with Gasteiger partial charge < -0.3 is 10.1 Å². The molecule has 1 N–H and O–H groups in total. The monoisotopic (exact) mass is 310 g/mol. The minimum absolute atomic E-state index is 0.0504. The van der Waals surface area contributed by atoms with Gasteiger partial charge in [0.1, 0.15) is 12.4 Å². The molecule has 0 spiro atoms. The van der Waals surface area contributed by atoms with Crippen LogP contribution < -0.4 is 15.0 Å². The van der Waals surface area contributed by atoms with Gasteiger partial charge in [-0.2, -0.15) is 0 Å². The Hall–Kier alpha value is -2.49. The van der Waals surface area contributed by atoms with Crippen LogP contribution in [0.2, 0.25) is 0 Å². The summed E-state index contributed by atoms with van der Waals surface area (Å²) in [5.74, 6) is 0.866. The Morgan fingerprint density at radius 2 is 1.96 bits per heavy atom. The quantitative estimate of drug-likeness (QED) is 0.878. The fraction of sp³-hybridized carbons (Fsp3) is 0.316. The molecule has 1 aliphatic heterocycles. The number of rotatable bonds is 4. The number of para-hydroxylation sites is 2. The third-order valence-electron chi connectivity index (χ3n) is 4.08. The molecular formula is C19H22N2O2. The van der Waals surface area contributed by atoms with Crippen molar-refractivity contribution >= 4 is 11.7 Å². The molecule has 2 aromatic rings. The van der Waals surface area contributed by atoms with Gasteiger partial charge in [-0.25, -0.2) is 4.79 Å². The Kier molecular flexibility index (Phi) is 4.81. The maximum atomic E-state index is 12.4. The average Bonchev–Trinajstić information content (AvgIpc) is 2.59. The zero-order valence-corrected chi connectivity index (χ0v) is 13.4. The molecule has 0 saturated heterocycles. The number of benzene rings is 2. The van der Waals surface area contributed by atoms with Gasteiger partial charge in [0.15, 0.2) is 0 Å². The van der Waals surface area contributed by atoms with E-state index in [1.165, 1.54) is 5.56 Å². The number of carbonyl (C=O) groups is 1. The lowest BCUT2D eigenvalue weighted by molar-refractivity contribution is 0.241. The predicted molar refractivity (Wildman–Crippen MR) is 92.2 cm³/mol. The summed E-state index contributed by atoms with van der Waals surface area (Å²) < 4.78 is 5.71. The van der Waals surface area contributed by atoms with E-state index in [4.69, 9.17) is 4.74 Å². The van der Waals surface area contributed by atoms with E-state index in [9.17, 15) is 4.79 Å². The fourth-order valence-corrected chi connectivity index (χ4v) is 2.88. The van der Waals surface area contributed by atoms with Gasteiger partial charge in [-0.15, -0.1) is 0 Å². The number of carbonyl (C=O) groups excluding carboxylic acids is 1. The summed E-state index contributed by atoms with van der Waals surface area (Å²) in [5.41, 5.74) is 3.37. The van der Waals surface area contributed by atoms with Gasteiger partial charge in [0.05, 0.1) is 6.54 Å². The van der Waals surface area contributed by atoms with Crippen LogP contribution in [0.3, 0.4) is 0 Å². The summed E-state index contributed by atoms with van der Waals surface area (Å²) >= 11 is 0. The zero-order chi connectivity index (χ0) is 16.1. The Morgan fingerprint density at radius 3 is 2.83 bits per heavy atom. The van der Waals surface area contributed by atoms with Crippen molar-refractivity contribution in [3.63, 3.8) is 0 Å². The molecule has 0 aliphatic carbocycles. The maximum Gasteiger partial charge on any atom is 0.321 e. The van der Waals surface area contributed by atoms with Crippen molar-refractivity contribution < 1.29 is 9.53 Å². The van der Waals surface area contributed by atoms with Crippen LogP contribution >= 0.6 is 0 Å². The summed E-state index contributed by atoms with van der Waals surface area (Å²) in [5, 5.41) is 2.94. The van der Waals surface area contributed by atoms with Crippen LogP contribution in [0.25, 0.3) is 0 Å². The first-order valence-electron chi connectivity index (χ1n) is 8.07. The number of urea groups is 1. The lowest BCUT2D eigenvalue weighted by Gasteiger charge is -2.29. The highest BCUT2D eigenvalue weighted by molar-refractivity contribution is 5.93. The Bertz CT molecular complexity index is 685. The van der Waals surface area contributed by atoms with Crippen LogP contribution in [0.5, 0.6) is 5.75 Å². The third kappa shape index (κ3) is 3.65. The topological polar surface area (TPSA) is 41.6 Å². The molecule has 1 aliphatic rings. The Morgan fingerprint density at radius 1 is 1.17 bits per heavy atom. The van der Waals surface area contributed by atoms with Crippen molar-refractivity contribution in [2.45, 2.75) is 19.8 Å². The van der Waals surface area contributed by atoms with Gasteiger partial charge in [-0.3, -0.25) is 4.90 Å². The molecule has 3 rings (SSSR count). The van der Waals surface area contributed by atoms with Gasteiger partial charge in [0.2, 0.25) is 0 Å². The first-order valence-corrected chi connectivity index (χ1v) is 8.07. The molecule has 4 heteroatoms. The molecule has 0 bridgehead atoms. The molecular weight excluding hydrogens is 288 g/mol. The molecule has 0 fully saturated rings.